The van der Waals surface area contributed by atoms with Gasteiger partial charge in [0.05, 0.1) is 10.5 Å². The highest BCUT2D eigenvalue weighted by molar-refractivity contribution is 7.90. The number of benzene rings is 1. The molecule has 2 atom stereocenters. The first-order chi connectivity index (χ1) is 18.6. The maximum atomic E-state index is 13.3. The van der Waals surface area contributed by atoms with Crippen LogP contribution in [0.5, 0.6) is 0 Å². The summed E-state index contributed by atoms with van der Waals surface area (Å²) in [6, 6.07) is 4.53. The molecule has 1 aliphatic heterocycles. The summed E-state index contributed by atoms with van der Waals surface area (Å²) in [5, 5.41) is 1.89. The standard InChI is InChI=1S/C27H28F3N5O4S/c1-13-23(25(36)33-15(3)27(28,29)30)34-24(32-13)20-10-17(7-8-31-20)18-9-19-12-35(14(2)16-5-6-16)26(37)22(19)21(11-18)40(4,38)39/h7-11,14-16H,5-6,12H2,1-4H3,(H,32,34)(H,33,36). The Morgan fingerprint density at radius 3 is 2.50 bits per heavy atom. The van der Waals surface area contributed by atoms with Gasteiger partial charge in [0.2, 0.25) is 0 Å². The predicted octanol–water partition coefficient (Wildman–Crippen LogP) is 4.29. The monoisotopic (exact) mass is 575 g/mol. The number of carbonyl (C=O) groups is 2. The predicted molar refractivity (Wildman–Crippen MR) is 140 cm³/mol. The molecule has 2 aromatic heterocycles. The molecule has 2 aliphatic rings. The van der Waals surface area contributed by atoms with Crippen LogP contribution in [0.2, 0.25) is 0 Å². The van der Waals surface area contributed by atoms with Gasteiger partial charge in [-0.1, -0.05) is 0 Å². The van der Waals surface area contributed by atoms with E-state index in [1.54, 1.807) is 23.1 Å². The highest BCUT2D eigenvalue weighted by Crippen LogP contribution is 2.41. The van der Waals surface area contributed by atoms with Crippen LogP contribution in [0.4, 0.5) is 13.2 Å². The SMILES string of the molecule is Cc1[nH]c(-c2cc(-c3cc4c(c(S(C)(=O)=O)c3)C(=O)N(C(C)C3CC3)C4)ccn2)nc1C(=O)NC(C)C(F)(F)F. The lowest BCUT2D eigenvalue weighted by molar-refractivity contribution is -0.149. The van der Waals surface area contributed by atoms with Crippen molar-refractivity contribution in [2.75, 3.05) is 6.26 Å². The van der Waals surface area contributed by atoms with Gasteiger partial charge in [0.1, 0.15) is 17.4 Å². The fourth-order valence-electron chi connectivity index (χ4n) is 4.95. The first-order valence-corrected chi connectivity index (χ1v) is 14.6. The van der Waals surface area contributed by atoms with Gasteiger partial charge in [0, 0.05) is 30.7 Å². The van der Waals surface area contributed by atoms with Crippen LogP contribution in [0, 0.1) is 12.8 Å². The Bertz CT molecular complexity index is 1630. The summed E-state index contributed by atoms with van der Waals surface area (Å²) in [5.41, 5.74) is 2.33. The molecule has 13 heteroatoms. The number of aromatic nitrogens is 3. The van der Waals surface area contributed by atoms with Gasteiger partial charge in [0.15, 0.2) is 15.7 Å². The lowest BCUT2D eigenvalue weighted by Gasteiger charge is -2.24. The topological polar surface area (TPSA) is 125 Å². The second-order valence-corrected chi connectivity index (χ2v) is 12.5. The summed E-state index contributed by atoms with van der Waals surface area (Å²) in [7, 11) is -3.75. The van der Waals surface area contributed by atoms with Crippen molar-refractivity contribution < 1.29 is 31.2 Å². The molecule has 0 spiro atoms. The molecule has 2 unspecified atom stereocenters. The third-order valence-electron chi connectivity index (χ3n) is 7.47. The number of pyridine rings is 1. The van der Waals surface area contributed by atoms with Crippen molar-refractivity contribution in [1.29, 1.82) is 0 Å². The number of sulfone groups is 1. The van der Waals surface area contributed by atoms with E-state index in [-0.39, 0.29) is 39.6 Å². The molecule has 1 aromatic carbocycles. The molecular formula is C27H28F3N5O4S. The molecular weight excluding hydrogens is 547 g/mol. The van der Waals surface area contributed by atoms with Crippen LogP contribution in [0.15, 0.2) is 35.4 Å². The molecule has 9 nitrogen and oxygen atoms in total. The van der Waals surface area contributed by atoms with E-state index in [2.05, 4.69) is 15.0 Å². The van der Waals surface area contributed by atoms with Gasteiger partial charge in [0.25, 0.3) is 11.8 Å². The number of fused-ring (bicyclic) bond motifs is 1. The number of hydrogen-bond acceptors (Lipinski definition) is 6. The van der Waals surface area contributed by atoms with Gasteiger partial charge in [-0.15, -0.1) is 0 Å². The van der Waals surface area contributed by atoms with E-state index >= 15 is 0 Å². The second kappa shape index (κ2) is 9.72. The first-order valence-electron chi connectivity index (χ1n) is 12.7. The van der Waals surface area contributed by atoms with Crippen LogP contribution in [0.1, 0.15) is 58.8 Å². The van der Waals surface area contributed by atoms with E-state index < -0.39 is 28.0 Å². The molecule has 5 rings (SSSR count). The Morgan fingerprint density at radius 2 is 1.88 bits per heavy atom. The van der Waals surface area contributed by atoms with Gasteiger partial charge < -0.3 is 15.2 Å². The zero-order chi connectivity index (χ0) is 29.1. The molecule has 1 saturated carbocycles. The van der Waals surface area contributed by atoms with Crippen LogP contribution >= 0.6 is 0 Å². The van der Waals surface area contributed by atoms with Crippen molar-refractivity contribution >= 4 is 21.7 Å². The number of hydrogen-bond donors (Lipinski definition) is 2. The smallest absolute Gasteiger partial charge is 0.340 e. The van der Waals surface area contributed by atoms with Crippen LogP contribution in [-0.4, -0.2) is 64.6 Å². The molecule has 0 bridgehead atoms. The third kappa shape index (κ3) is 5.21. The third-order valence-corrected chi connectivity index (χ3v) is 8.59. The van der Waals surface area contributed by atoms with E-state index in [1.807, 2.05) is 12.2 Å². The molecule has 0 radical (unpaired) electrons. The minimum absolute atomic E-state index is 0.0102. The minimum atomic E-state index is -4.60. The van der Waals surface area contributed by atoms with E-state index in [4.69, 9.17) is 0 Å². The largest absolute Gasteiger partial charge is 0.408 e. The molecule has 3 aromatic rings. The molecule has 40 heavy (non-hydrogen) atoms. The minimum Gasteiger partial charge on any atom is -0.340 e. The number of imidazole rings is 1. The Hall–Kier alpha value is -3.74. The summed E-state index contributed by atoms with van der Waals surface area (Å²) in [6.07, 6.45) is 0.0395. The molecule has 3 heterocycles. The number of halogens is 3. The Balaban J connectivity index is 1.49. The molecule has 1 aliphatic carbocycles. The van der Waals surface area contributed by atoms with Gasteiger partial charge in [-0.05, 0) is 80.5 Å². The van der Waals surface area contributed by atoms with Crippen molar-refractivity contribution in [2.45, 2.75) is 63.3 Å². The molecule has 212 valence electrons. The molecule has 1 fully saturated rings. The first kappa shape index (κ1) is 27.8. The Morgan fingerprint density at radius 1 is 1.18 bits per heavy atom. The lowest BCUT2D eigenvalue weighted by atomic mass is 10.0. The van der Waals surface area contributed by atoms with E-state index in [9.17, 15) is 31.2 Å². The summed E-state index contributed by atoms with van der Waals surface area (Å²) >= 11 is 0. The fourth-order valence-corrected chi connectivity index (χ4v) is 5.88. The van der Waals surface area contributed by atoms with Crippen LogP contribution in [0.25, 0.3) is 22.6 Å². The zero-order valence-corrected chi connectivity index (χ0v) is 23.1. The van der Waals surface area contributed by atoms with E-state index in [0.717, 1.165) is 26.0 Å². The lowest BCUT2D eigenvalue weighted by Crippen LogP contribution is -2.43. The van der Waals surface area contributed by atoms with E-state index in [1.165, 1.54) is 19.2 Å². The van der Waals surface area contributed by atoms with Crippen LogP contribution < -0.4 is 5.32 Å². The van der Waals surface area contributed by atoms with Gasteiger partial charge >= 0.3 is 6.18 Å². The van der Waals surface area contributed by atoms with Crippen LogP contribution in [-0.2, 0) is 16.4 Å². The maximum Gasteiger partial charge on any atom is 0.408 e. The van der Waals surface area contributed by atoms with Crippen molar-refractivity contribution in [3.63, 3.8) is 0 Å². The number of aromatic amines is 1. The number of nitrogens with zero attached hydrogens (tertiary/aromatic N) is 3. The average molecular weight is 576 g/mol. The molecule has 2 N–H and O–H groups in total. The molecule has 0 saturated heterocycles. The second-order valence-electron chi connectivity index (χ2n) is 10.5. The van der Waals surface area contributed by atoms with Crippen molar-refractivity contribution in [2.24, 2.45) is 5.92 Å². The number of aryl methyl sites for hydroxylation is 1. The van der Waals surface area contributed by atoms with Gasteiger partial charge in [-0.3, -0.25) is 14.6 Å². The maximum absolute atomic E-state index is 13.3. The van der Waals surface area contributed by atoms with Crippen molar-refractivity contribution in [1.82, 2.24) is 25.2 Å². The van der Waals surface area contributed by atoms with Gasteiger partial charge in [-0.25, -0.2) is 13.4 Å². The number of amides is 2. The fraction of sp³-hybridized carbons (Fsp3) is 0.407. The van der Waals surface area contributed by atoms with Crippen molar-refractivity contribution in [3.8, 4) is 22.6 Å². The van der Waals surface area contributed by atoms with Gasteiger partial charge in [-0.2, -0.15) is 13.2 Å². The summed E-state index contributed by atoms with van der Waals surface area (Å²) in [4.78, 5) is 38.8. The quantitative estimate of drug-likeness (QED) is 0.433. The summed E-state index contributed by atoms with van der Waals surface area (Å²) in [6.45, 7) is 4.65. The number of H-pyrrole nitrogens is 1. The number of carbonyl (C=O) groups excluding carboxylic acids is 2. The van der Waals surface area contributed by atoms with E-state index in [0.29, 0.717) is 34.8 Å². The number of rotatable bonds is 7. The highest BCUT2D eigenvalue weighted by atomic mass is 32.2. The summed E-state index contributed by atoms with van der Waals surface area (Å²) < 4.78 is 64.2. The normalized spacial score (nSPS) is 17.1. The highest BCUT2D eigenvalue weighted by Gasteiger charge is 2.41. The Kier molecular flexibility index (Phi) is 6.76. The van der Waals surface area contributed by atoms with Crippen LogP contribution in [0.3, 0.4) is 0 Å². The average Bonchev–Trinajstić information content (AvgIpc) is 3.58. The Labute approximate surface area is 229 Å². The number of alkyl halides is 3. The van der Waals surface area contributed by atoms with Crippen molar-refractivity contribution in [3.05, 3.63) is 53.0 Å². The summed E-state index contributed by atoms with van der Waals surface area (Å²) in [5.74, 6) is -0.684. The number of nitrogens with one attached hydrogen (secondary N) is 2. The zero-order valence-electron chi connectivity index (χ0n) is 22.3. The molecule has 2 amide bonds.